The minimum atomic E-state index is -0.700. The molecule has 2 aliphatic rings. The largest absolute Gasteiger partial charge is 0.508 e. The van der Waals surface area contributed by atoms with E-state index < -0.39 is 12.3 Å². The summed E-state index contributed by atoms with van der Waals surface area (Å²) < 4.78 is 27.0. The summed E-state index contributed by atoms with van der Waals surface area (Å²) in [5.41, 5.74) is -0.262. The van der Waals surface area contributed by atoms with Crippen LogP contribution in [0, 0.1) is 0 Å². The molecule has 4 unspecified atom stereocenters. The maximum absolute atomic E-state index is 11.3. The van der Waals surface area contributed by atoms with E-state index in [1.165, 1.54) is 7.11 Å². The maximum atomic E-state index is 11.3. The van der Waals surface area contributed by atoms with Crippen molar-refractivity contribution in [3.05, 3.63) is 12.2 Å². The van der Waals surface area contributed by atoms with Gasteiger partial charge >= 0.3 is 6.16 Å². The Labute approximate surface area is 125 Å². The molecule has 1 fully saturated rings. The molecule has 6 nitrogen and oxygen atoms in total. The molecule has 0 saturated carbocycles. The molecule has 0 amide bonds. The first-order valence-corrected chi connectivity index (χ1v) is 7.21. The number of hydrogen-bond donors (Lipinski definition) is 0. The van der Waals surface area contributed by atoms with Crippen molar-refractivity contribution in [2.75, 3.05) is 13.9 Å². The molecule has 0 radical (unpaired) electrons. The number of rotatable bonds is 2. The van der Waals surface area contributed by atoms with Gasteiger partial charge < -0.3 is 23.7 Å². The van der Waals surface area contributed by atoms with Crippen LogP contribution in [-0.2, 0) is 23.7 Å². The molecule has 4 atom stereocenters. The second-order valence-electron chi connectivity index (χ2n) is 6.26. The second-order valence-corrected chi connectivity index (χ2v) is 6.26. The van der Waals surface area contributed by atoms with Gasteiger partial charge in [0.15, 0.2) is 0 Å². The molecule has 0 bridgehead atoms. The van der Waals surface area contributed by atoms with Crippen LogP contribution in [0.2, 0.25) is 0 Å². The number of methoxy groups -OCH3 is 1. The van der Waals surface area contributed by atoms with Gasteiger partial charge in [-0.3, -0.25) is 0 Å². The first-order valence-electron chi connectivity index (χ1n) is 7.21. The lowest BCUT2D eigenvalue weighted by atomic mass is 9.96. The lowest BCUT2D eigenvalue weighted by Crippen LogP contribution is -2.36. The van der Waals surface area contributed by atoms with E-state index in [0.717, 1.165) is 6.42 Å². The summed E-state index contributed by atoms with van der Waals surface area (Å²) in [4.78, 5) is 11.3. The summed E-state index contributed by atoms with van der Waals surface area (Å²) in [7, 11) is 1.29. The summed E-state index contributed by atoms with van der Waals surface area (Å²) in [6.45, 7) is 6.28. The van der Waals surface area contributed by atoms with Crippen molar-refractivity contribution in [2.24, 2.45) is 0 Å². The van der Waals surface area contributed by atoms with E-state index >= 15 is 0 Å². The van der Waals surface area contributed by atoms with E-state index in [-0.39, 0.29) is 30.7 Å². The molecule has 0 aromatic rings. The van der Waals surface area contributed by atoms with Gasteiger partial charge in [-0.2, -0.15) is 0 Å². The minimum absolute atomic E-state index is 0.0500. The Kier molecular flexibility index (Phi) is 5.24. The van der Waals surface area contributed by atoms with Crippen LogP contribution >= 0.6 is 0 Å². The summed E-state index contributed by atoms with van der Waals surface area (Å²) in [5.74, 6) is 0. The molecule has 6 heteroatoms. The van der Waals surface area contributed by atoms with Gasteiger partial charge in [-0.15, -0.1) is 0 Å². The Bertz CT molecular complexity index is 386. The summed E-state index contributed by atoms with van der Waals surface area (Å²) >= 11 is 0. The molecule has 1 aliphatic heterocycles. The highest BCUT2D eigenvalue weighted by atomic mass is 16.7. The quantitative estimate of drug-likeness (QED) is 0.576. The molecule has 1 saturated heterocycles. The Morgan fingerprint density at radius 3 is 2.24 bits per heavy atom. The average molecular weight is 300 g/mol. The van der Waals surface area contributed by atoms with E-state index in [0.29, 0.717) is 6.42 Å². The van der Waals surface area contributed by atoms with Gasteiger partial charge in [0.2, 0.25) is 0 Å². The number of carbonyl (C=O) groups is 1. The van der Waals surface area contributed by atoms with Crippen molar-refractivity contribution >= 4 is 6.16 Å². The van der Waals surface area contributed by atoms with Crippen LogP contribution in [0.1, 0.15) is 33.6 Å². The SMILES string of the molecule is COC(=O)OC1/C=C/C(OC(C)(C)C)CC2OCOC2C1. The van der Waals surface area contributed by atoms with E-state index in [2.05, 4.69) is 4.74 Å². The minimum Gasteiger partial charge on any atom is -0.438 e. The molecule has 120 valence electrons. The number of hydrogen-bond acceptors (Lipinski definition) is 6. The molecule has 1 heterocycles. The average Bonchev–Trinajstić information content (AvgIpc) is 2.78. The van der Waals surface area contributed by atoms with E-state index in [9.17, 15) is 4.79 Å². The lowest BCUT2D eigenvalue weighted by Gasteiger charge is -2.30. The fraction of sp³-hybridized carbons (Fsp3) is 0.800. The molecule has 21 heavy (non-hydrogen) atoms. The Morgan fingerprint density at radius 2 is 1.67 bits per heavy atom. The predicted molar refractivity (Wildman–Crippen MR) is 74.9 cm³/mol. The monoisotopic (exact) mass is 300 g/mol. The third-order valence-electron chi connectivity index (χ3n) is 3.37. The van der Waals surface area contributed by atoms with Crippen LogP contribution in [0.25, 0.3) is 0 Å². The van der Waals surface area contributed by atoms with Gasteiger partial charge in [0.1, 0.15) is 12.9 Å². The smallest absolute Gasteiger partial charge is 0.438 e. The Balaban J connectivity index is 2.09. The topological polar surface area (TPSA) is 63.2 Å². The van der Waals surface area contributed by atoms with Gasteiger partial charge in [0.05, 0.1) is 31.0 Å². The molecule has 0 spiro atoms. The van der Waals surface area contributed by atoms with Gasteiger partial charge in [-0.05, 0) is 26.8 Å². The molecular weight excluding hydrogens is 276 g/mol. The van der Waals surface area contributed by atoms with Crippen LogP contribution in [0.4, 0.5) is 4.79 Å². The normalized spacial score (nSPS) is 34.5. The second kappa shape index (κ2) is 6.77. The van der Waals surface area contributed by atoms with Crippen molar-refractivity contribution in [3.63, 3.8) is 0 Å². The van der Waals surface area contributed by atoms with Crippen molar-refractivity contribution < 1.29 is 28.5 Å². The van der Waals surface area contributed by atoms with Gasteiger partial charge in [0, 0.05) is 12.8 Å². The molecular formula is C15H24O6. The highest BCUT2D eigenvalue weighted by Gasteiger charge is 2.36. The molecule has 1 aliphatic carbocycles. The van der Waals surface area contributed by atoms with E-state index in [4.69, 9.17) is 18.9 Å². The van der Waals surface area contributed by atoms with Crippen LogP contribution in [0.3, 0.4) is 0 Å². The van der Waals surface area contributed by atoms with Crippen molar-refractivity contribution in [3.8, 4) is 0 Å². The van der Waals surface area contributed by atoms with E-state index in [1.807, 2.05) is 32.9 Å². The first kappa shape index (κ1) is 16.3. The van der Waals surface area contributed by atoms with Crippen LogP contribution in [0.5, 0.6) is 0 Å². The molecule has 0 aromatic carbocycles. The van der Waals surface area contributed by atoms with Crippen LogP contribution in [-0.4, -0.2) is 50.1 Å². The zero-order valence-electron chi connectivity index (χ0n) is 13.0. The van der Waals surface area contributed by atoms with E-state index in [1.54, 1.807) is 0 Å². The third-order valence-corrected chi connectivity index (χ3v) is 3.37. The fourth-order valence-corrected chi connectivity index (χ4v) is 2.53. The number of ether oxygens (including phenoxy) is 5. The summed E-state index contributed by atoms with van der Waals surface area (Å²) in [6, 6.07) is 0. The zero-order valence-corrected chi connectivity index (χ0v) is 13.0. The van der Waals surface area contributed by atoms with Crippen LogP contribution < -0.4 is 0 Å². The van der Waals surface area contributed by atoms with Gasteiger partial charge in [-0.25, -0.2) is 4.79 Å². The fourth-order valence-electron chi connectivity index (χ4n) is 2.53. The lowest BCUT2D eigenvalue weighted by molar-refractivity contribution is -0.0621. The number of fused-ring (bicyclic) bond motifs is 1. The highest BCUT2D eigenvalue weighted by Crippen LogP contribution is 2.28. The van der Waals surface area contributed by atoms with Gasteiger partial charge in [-0.1, -0.05) is 6.08 Å². The maximum Gasteiger partial charge on any atom is 0.508 e. The third kappa shape index (κ3) is 4.98. The zero-order chi connectivity index (χ0) is 15.5. The highest BCUT2D eigenvalue weighted by molar-refractivity contribution is 5.60. The van der Waals surface area contributed by atoms with Crippen LogP contribution in [0.15, 0.2) is 12.2 Å². The number of carbonyl (C=O) groups excluding carboxylic acids is 1. The standard InChI is InChI=1S/C15H24O6/c1-15(2,3)21-11-6-5-10(20-14(16)17-4)7-12-13(8-11)19-9-18-12/h5-6,10-13H,7-9H2,1-4H3/b6-5+. The first-order chi connectivity index (χ1) is 9.87. The molecule has 0 aromatic heterocycles. The Morgan fingerprint density at radius 1 is 1.10 bits per heavy atom. The van der Waals surface area contributed by atoms with Crippen molar-refractivity contribution in [2.45, 2.75) is 63.6 Å². The van der Waals surface area contributed by atoms with Crippen molar-refractivity contribution in [1.29, 1.82) is 0 Å². The summed E-state index contributed by atoms with van der Waals surface area (Å²) in [5, 5.41) is 0. The predicted octanol–water partition coefficient (Wildman–Crippen LogP) is 2.41. The Hall–Kier alpha value is -1.11. The van der Waals surface area contributed by atoms with Gasteiger partial charge in [0.25, 0.3) is 0 Å². The van der Waals surface area contributed by atoms with Crippen molar-refractivity contribution in [1.82, 2.24) is 0 Å². The molecule has 2 rings (SSSR count). The summed E-state index contributed by atoms with van der Waals surface area (Å²) in [6.07, 6.45) is 3.68. The molecule has 0 N–H and O–H groups in total.